The Kier molecular flexibility index (Phi) is 9.12. The third-order valence-corrected chi connectivity index (χ3v) is 7.14. The molecule has 3 unspecified atom stereocenters. The van der Waals surface area contributed by atoms with Gasteiger partial charge < -0.3 is 14.2 Å². The lowest BCUT2D eigenvalue weighted by Gasteiger charge is -2.31. The molecule has 188 valence electrons. The molecule has 0 saturated carbocycles. The van der Waals surface area contributed by atoms with E-state index < -0.39 is 5.41 Å². The molecule has 0 aliphatic carbocycles. The fraction of sp³-hybridized carbons (Fsp3) is 0.875. The number of ether oxygens (including phenoxy) is 3. The van der Waals surface area contributed by atoms with Crippen molar-refractivity contribution in [3.05, 3.63) is 0 Å². The SMILES string of the molecule is CCC(COC(=O)CCN1C[C@@H]1C)(COC(=O)CCN1C[C@@H]1C)COC(=O)CCN1C[C@@H]1C. The summed E-state index contributed by atoms with van der Waals surface area (Å²) in [5, 5.41) is 0. The van der Waals surface area contributed by atoms with Gasteiger partial charge >= 0.3 is 17.9 Å². The van der Waals surface area contributed by atoms with Crippen molar-refractivity contribution in [2.24, 2.45) is 5.41 Å². The summed E-state index contributed by atoms with van der Waals surface area (Å²) in [4.78, 5) is 43.4. The number of carbonyl (C=O) groups is 3. The maximum Gasteiger partial charge on any atom is 0.307 e. The van der Waals surface area contributed by atoms with E-state index in [0.717, 1.165) is 19.6 Å². The number of esters is 3. The van der Waals surface area contributed by atoms with Gasteiger partial charge in [-0.1, -0.05) is 6.92 Å². The van der Waals surface area contributed by atoms with Crippen molar-refractivity contribution >= 4 is 17.9 Å². The second-order valence-electron chi connectivity index (χ2n) is 10.1. The molecule has 0 aromatic heterocycles. The Morgan fingerprint density at radius 1 is 0.667 bits per heavy atom. The fourth-order valence-corrected chi connectivity index (χ4v) is 3.86. The molecule has 3 saturated heterocycles. The molecule has 3 fully saturated rings. The maximum absolute atomic E-state index is 12.3. The summed E-state index contributed by atoms with van der Waals surface area (Å²) < 4.78 is 16.7. The van der Waals surface area contributed by atoms with Crippen molar-refractivity contribution in [1.82, 2.24) is 14.7 Å². The minimum absolute atomic E-state index is 0.0603. The summed E-state index contributed by atoms with van der Waals surface area (Å²) in [7, 11) is 0. The van der Waals surface area contributed by atoms with Gasteiger partial charge in [-0.3, -0.25) is 29.1 Å². The average molecular weight is 468 g/mol. The highest BCUT2D eigenvalue weighted by atomic mass is 16.6. The van der Waals surface area contributed by atoms with Crippen molar-refractivity contribution in [2.75, 3.05) is 59.1 Å². The van der Waals surface area contributed by atoms with Gasteiger partial charge in [0.25, 0.3) is 0 Å². The lowest BCUT2D eigenvalue weighted by molar-refractivity contribution is -0.162. The van der Waals surface area contributed by atoms with E-state index in [9.17, 15) is 14.4 Å². The van der Waals surface area contributed by atoms with Crippen LogP contribution in [-0.4, -0.2) is 110 Å². The predicted octanol–water partition coefficient (Wildman–Crippen LogP) is 1.30. The molecule has 3 heterocycles. The Morgan fingerprint density at radius 3 is 1.15 bits per heavy atom. The van der Waals surface area contributed by atoms with Gasteiger partial charge in [0.1, 0.15) is 19.8 Å². The van der Waals surface area contributed by atoms with Gasteiger partial charge in [0.05, 0.1) is 24.7 Å². The van der Waals surface area contributed by atoms with E-state index in [1.54, 1.807) is 0 Å². The van der Waals surface area contributed by atoms with Crippen molar-refractivity contribution in [1.29, 1.82) is 0 Å². The minimum atomic E-state index is -0.742. The van der Waals surface area contributed by atoms with Gasteiger partial charge in [0, 0.05) is 57.4 Å². The Hall–Kier alpha value is -1.71. The number of hydrogen-bond donors (Lipinski definition) is 0. The van der Waals surface area contributed by atoms with E-state index >= 15 is 0 Å². The minimum Gasteiger partial charge on any atom is -0.465 e. The topological polar surface area (TPSA) is 87.9 Å². The molecule has 3 aliphatic rings. The summed E-state index contributed by atoms with van der Waals surface area (Å²) in [5.74, 6) is -0.845. The van der Waals surface area contributed by atoms with E-state index in [-0.39, 0.29) is 37.7 Å². The molecular formula is C24H41N3O6. The summed E-state index contributed by atoms with van der Waals surface area (Å²) in [6, 6.07) is 1.61. The first-order chi connectivity index (χ1) is 15.7. The number of carbonyl (C=O) groups excluding carboxylic acids is 3. The first kappa shape index (κ1) is 25.9. The van der Waals surface area contributed by atoms with Crippen LogP contribution in [0.3, 0.4) is 0 Å². The molecule has 0 radical (unpaired) electrons. The Labute approximate surface area is 197 Å². The number of nitrogens with zero attached hydrogens (tertiary/aromatic N) is 3. The number of rotatable bonds is 16. The van der Waals surface area contributed by atoms with Crippen molar-refractivity contribution < 1.29 is 28.6 Å². The maximum atomic E-state index is 12.3. The zero-order valence-electron chi connectivity index (χ0n) is 20.7. The Balaban J connectivity index is 1.46. The largest absolute Gasteiger partial charge is 0.465 e. The molecule has 0 aromatic carbocycles. The van der Waals surface area contributed by atoms with Gasteiger partial charge in [0.15, 0.2) is 0 Å². The molecule has 33 heavy (non-hydrogen) atoms. The summed E-state index contributed by atoms with van der Waals surface area (Å²) in [6.07, 6.45) is 1.53. The molecule has 0 bridgehead atoms. The predicted molar refractivity (Wildman–Crippen MR) is 123 cm³/mol. The van der Waals surface area contributed by atoms with Gasteiger partial charge in [-0.25, -0.2) is 0 Å². The van der Waals surface area contributed by atoms with Crippen molar-refractivity contribution in [3.63, 3.8) is 0 Å². The van der Waals surface area contributed by atoms with Crippen LogP contribution in [0.2, 0.25) is 0 Å². The van der Waals surface area contributed by atoms with Crippen LogP contribution in [-0.2, 0) is 28.6 Å². The number of hydrogen-bond acceptors (Lipinski definition) is 9. The van der Waals surface area contributed by atoms with E-state index in [1.165, 1.54) is 0 Å². The Morgan fingerprint density at radius 2 is 0.939 bits per heavy atom. The van der Waals surface area contributed by atoms with Crippen LogP contribution in [0.25, 0.3) is 0 Å². The third kappa shape index (κ3) is 8.87. The zero-order chi connectivity index (χ0) is 24.0. The molecule has 3 aliphatic heterocycles. The second kappa shape index (κ2) is 11.6. The van der Waals surface area contributed by atoms with Gasteiger partial charge in [-0.05, 0) is 27.2 Å². The van der Waals surface area contributed by atoms with Gasteiger partial charge in [-0.15, -0.1) is 0 Å². The highest BCUT2D eigenvalue weighted by Crippen LogP contribution is 2.26. The van der Waals surface area contributed by atoms with Gasteiger partial charge in [-0.2, -0.15) is 0 Å². The quantitative estimate of drug-likeness (QED) is 0.189. The van der Waals surface area contributed by atoms with Crippen LogP contribution in [0.5, 0.6) is 0 Å². The Bertz CT molecular complexity index is 613. The molecule has 6 atom stereocenters. The van der Waals surface area contributed by atoms with Crippen LogP contribution < -0.4 is 0 Å². The summed E-state index contributed by atoms with van der Waals surface area (Å²) in [5.41, 5.74) is -0.742. The van der Waals surface area contributed by atoms with E-state index in [1.807, 2.05) is 6.92 Å². The van der Waals surface area contributed by atoms with Crippen LogP contribution in [0, 0.1) is 5.41 Å². The van der Waals surface area contributed by atoms with Gasteiger partial charge in [0.2, 0.25) is 0 Å². The molecular weight excluding hydrogens is 426 g/mol. The molecule has 0 spiro atoms. The standard InChI is InChI=1S/C24H41N3O6/c1-5-24(15-31-21(28)6-9-25-12-18(25)2,16-32-22(29)7-10-26-13-19(26)3)17-33-23(30)8-11-27-14-20(27)4/h18-20H,5-17H2,1-4H3/t18-,19-,20-,24?,25?,26?,27?/m0/s1. The third-order valence-electron chi connectivity index (χ3n) is 7.14. The van der Waals surface area contributed by atoms with Crippen LogP contribution in [0.1, 0.15) is 53.4 Å². The summed E-state index contributed by atoms with van der Waals surface area (Å²) >= 11 is 0. The van der Waals surface area contributed by atoms with E-state index in [2.05, 4.69) is 35.5 Å². The molecule has 9 nitrogen and oxygen atoms in total. The molecule has 9 heteroatoms. The highest BCUT2D eigenvalue weighted by molar-refractivity contribution is 5.71. The van der Waals surface area contributed by atoms with E-state index in [0.29, 0.717) is 63.4 Å². The zero-order valence-corrected chi connectivity index (χ0v) is 20.7. The lowest BCUT2D eigenvalue weighted by atomic mass is 9.88. The fourth-order valence-electron chi connectivity index (χ4n) is 3.86. The normalized spacial score (nSPS) is 31.3. The first-order valence-corrected chi connectivity index (χ1v) is 12.4. The molecule has 0 N–H and O–H groups in total. The first-order valence-electron chi connectivity index (χ1n) is 12.4. The monoisotopic (exact) mass is 467 g/mol. The lowest BCUT2D eigenvalue weighted by Crippen LogP contribution is -2.39. The average Bonchev–Trinajstić information content (AvgIpc) is 3.74. The van der Waals surface area contributed by atoms with Crippen LogP contribution in [0.15, 0.2) is 0 Å². The smallest absolute Gasteiger partial charge is 0.307 e. The summed E-state index contributed by atoms with van der Waals surface area (Å²) in [6.45, 7) is 13.6. The molecule has 0 amide bonds. The van der Waals surface area contributed by atoms with Crippen molar-refractivity contribution in [2.45, 2.75) is 71.5 Å². The van der Waals surface area contributed by atoms with E-state index in [4.69, 9.17) is 14.2 Å². The molecule has 3 rings (SSSR count). The molecule has 0 aromatic rings. The van der Waals surface area contributed by atoms with Crippen molar-refractivity contribution in [3.8, 4) is 0 Å². The van der Waals surface area contributed by atoms with Crippen LogP contribution in [0.4, 0.5) is 0 Å². The highest BCUT2D eigenvalue weighted by Gasteiger charge is 2.36. The second-order valence-corrected chi connectivity index (χ2v) is 10.1. The van der Waals surface area contributed by atoms with Crippen LogP contribution >= 0.6 is 0 Å².